The zero-order chi connectivity index (χ0) is 24.8. The molecule has 3 aromatic carbocycles. The molecule has 178 valence electrons. The molecular formula is C27H23FN2O4S. The SMILES string of the molecule is Cc1cc(F)ccc1C1(O)CN(C(=O)c2ccc(CS(=O)(=O)c3cccc4cccnc34)cc2)C1. The fourth-order valence-electron chi connectivity index (χ4n) is 4.60. The topological polar surface area (TPSA) is 87.6 Å². The Bertz CT molecular complexity index is 1540. The van der Waals surface area contributed by atoms with Crippen LogP contribution >= 0.6 is 0 Å². The van der Waals surface area contributed by atoms with Crippen molar-refractivity contribution in [2.24, 2.45) is 0 Å². The number of likely N-dealkylation sites (tertiary alicyclic amines) is 1. The number of aliphatic hydroxyl groups is 1. The maximum absolute atomic E-state index is 13.4. The van der Waals surface area contributed by atoms with Crippen LogP contribution in [0.25, 0.3) is 10.9 Å². The molecule has 1 fully saturated rings. The number of hydrogen-bond acceptors (Lipinski definition) is 5. The van der Waals surface area contributed by atoms with Gasteiger partial charge < -0.3 is 10.0 Å². The zero-order valence-electron chi connectivity index (χ0n) is 19.0. The number of carbonyl (C=O) groups excluding carboxylic acids is 1. The lowest BCUT2D eigenvalue weighted by atomic mass is 9.83. The second-order valence-corrected chi connectivity index (χ2v) is 10.9. The maximum Gasteiger partial charge on any atom is 0.254 e. The minimum Gasteiger partial charge on any atom is -0.381 e. The van der Waals surface area contributed by atoms with Gasteiger partial charge in [-0.05, 0) is 60.0 Å². The number of para-hydroxylation sites is 1. The number of sulfone groups is 1. The second kappa shape index (κ2) is 8.55. The van der Waals surface area contributed by atoms with Crippen LogP contribution in [-0.4, -0.2) is 42.4 Å². The number of aromatic nitrogens is 1. The van der Waals surface area contributed by atoms with E-state index < -0.39 is 15.4 Å². The number of nitrogens with zero attached hydrogens (tertiary/aromatic N) is 2. The zero-order valence-corrected chi connectivity index (χ0v) is 19.8. The number of aryl methyl sites for hydroxylation is 1. The molecule has 0 bridgehead atoms. The summed E-state index contributed by atoms with van der Waals surface area (Å²) in [6.45, 7) is 1.92. The average Bonchev–Trinajstić information content (AvgIpc) is 2.81. The van der Waals surface area contributed by atoms with E-state index in [2.05, 4.69) is 4.98 Å². The molecule has 0 spiro atoms. The highest BCUT2D eigenvalue weighted by Crippen LogP contribution is 2.35. The summed E-state index contributed by atoms with van der Waals surface area (Å²) in [5.74, 6) is -0.854. The summed E-state index contributed by atoms with van der Waals surface area (Å²) >= 11 is 0. The molecular weight excluding hydrogens is 467 g/mol. The van der Waals surface area contributed by atoms with Crippen molar-refractivity contribution in [3.05, 3.63) is 107 Å². The van der Waals surface area contributed by atoms with E-state index in [9.17, 15) is 22.7 Å². The van der Waals surface area contributed by atoms with Gasteiger partial charge in [0, 0.05) is 17.1 Å². The van der Waals surface area contributed by atoms with Crippen molar-refractivity contribution in [1.82, 2.24) is 9.88 Å². The van der Waals surface area contributed by atoms with E-state index in [1.54, 1.807) is 61.7 Å². The van der Waals surface area contributed by atoms with E-state index in [0.717, 1.165) is 5.39 Å². The highest BCUT2D eigenvalue weighted by Gasteiger charge is 2.45. The van der Waals surface area contributed by atoms with Crippen LogP contribution in [0.15, 0.2) is 83.9 Å². The van der Waals surface area contributed by atoms with Crippen LogP contribution in [0.2, 0.25) is 0 Å². The number of carbonyl (C=O) groups is 1. The van der Waals surface area contributed by atoms with Crippen LogP contribution in [0.4, 0.5) is 4.39 Å². The number of rotatable bonds is 5. The molecule has 1 aromatic heterocycles. The third-order valence-electron chi connectivity index (χ3n) is 6.37. The summed E-state index contributed by atoms with van der Waals surface area (Å²) in [6, 6.07) is 19.3. The van der Waals surface area contributed by atoms with E-state index in [4.69, 9.17) is 0 Å². The van der Waals surface area contributed by atoms with E-state index in [0.29, 0.717) is 27.8 Å². The highest BCUT2D eigenvalue weighted by atomic mass is 32.2. The van der Waals surface area contributed by atoms with Crippen molar-refractivity contribution in [2.75, 3.05) is 13.1 Å². The van der Waals surface area contributed by atoms with Crippen LogP contribution in [0, 0.1) is 12.7 Å². The Kier molecular flexibility index (Phi) is 5.65. The van der Waals surface area contributed by atoms with Crippen molar-refractivity contribution in [2.45, 2.75) is 23.2 Å². The van der Waals surface area contributed by atoms with Crippen molar-refractivity contribution >= 4 is 26.6 Å². The second-order valence-electron chi connectivity index (χ2n) is 8.94. The third-order valence-corrected chi connectivity index (χ3v) is 8.08. The molecule has 0 aliphatic carbocycles. The van der Waals surface area contributed by atoms with Gasteiger partial charge in [-0.15, -0.1) is 0 Å². The molecule has 1 saturated heterocycles. The third kappa shape index (κ3) is 4.31. The van der Waals surface area contributed by atoms with E-state index in [1.807, 2.05) is 12.1 Å². The van der Waals surface area contributed by atoms with Gasteiger partial charge in [-0.1, -0.05) is 36.4 Å². The lowest BCUT2D eigenvalue weighted by molar-refractivity contribution is -0.0867. The Morgan fingerprint density at radius 1 is 1.06 bits per heavy atom. The predicted octanol–water partition coefficient (Wildman–Crippen LogP) is 4.00. The Balaban J connectivity index is 1.29. The summed E-state index contributed by atoms with van der Waals surface area (Å²) < 4.78 is 39.6. The first-order chi connectivity index (χ1) is 16.7. The minimum atomic E-state index is -3.65. The van der Waals surface area contributed by atoms with E-state index >= 15 is 0 Å². The molecule has 1 N–H and O–H groups in total. The first-order valence-electron chi connectivity index (χ1n) is 11.1. The summed E-state index contributed by atoms with van der Waals surface area (Å²) in [5.41, 5.74) is 1.40. The number of halogens is 1. The Morgan fingerprint density at radius 3 is 2.49 bits per heavy atom. The summed E-state index contributed by atoms with van der Waals surface area (Å²) in [5, 5.41) is 11.6. The summed E-state index contributed by atoms with van der Waals surface area (Å²) in [6.07, 6.45) is 1.57. The molecule has 5 rings (SSSR count). The van der Waals surface area contributed by atoms with Gasteiger partial charge in [0.25, 0.3) is 5.91 Å². The van der Waals surface area contributed by atoms with Crippen LogP contribution in [-0.2, 0) is 21.2 Å². The van der Waals surface area contributed by atoms with Crippen LogP contribution in [0.3, 0.4) is 0 Å². The van der Waals surface area contributed by atoms with E-state index in [1.165, 1.54) is 17.0 Å². The number of amides is 1. The van der Waals surface area contributed by atoms with Gasteiger partial charge in [0.05, 0.1) is 29.3 Å². The molecule has 0 unspecified atom stereocenters. The lowest BCUT2D eigenvalue weighted by Gasteiger charge is -2.47. The Labute approximate surface area is 202 Å². The van der Waals surface area contributed by atoms with Gasteiger partial charge in [-0.3, -0.25) is 9.78 Å². The fraction of sp³-hybridized carbons (Fsp3) is 0.185. The van der Waals surface area contributed by atoms with Gasteiger partial charge in [0.1, 0.15) is 11.4 Å². The molecule has 0 saturated carbocycles. The number of hydrogen-bond donors (Lipinski definition) is 1. The van der Waals surface area contributed by atoms with Crippen molar-refractivity contribution in [1.29, 1.82) is 0 Å². The predicted molar refractivity (Wildman–Crippen MR) is 130 cm³/mol. The quantitative estimate of drug-likeness (QED) is 0.457. The van der Waals surface area contributed by atoms with Crippen molar-refractivity contribution in [3.63, 3.8) is 0 Å². The monoisotopic (exact) mass is 490 g/mol. The molecule has 1 aliphatic rings. The normalized spacial score (nSPS) is 15.1. The molecule has 6 nitrogen and oxygen atoms in total. The first kappa shape index (κ1) is 23.1. The molecule has 4 aromatic rings. The largest absolute Gasteiger partial charge is 0.381 e. The van der Waals surface area contributed by atoms with E-state index in [-0.39, 0.29) is 35.5 Å². The smallest absolute Gasteiger partial charge is 0.254 e. The first-order valence-corrected chi connectivity index (χ1v) is 12.8. The fourth-order valence-corrected chi connectivity index (χ4v) is 6.14. The number of fused-ring (bicyclic) bond motifs is 1. The standard InChI is InChI=1S/C27H23FN2O4S/c1-18-14-22(28)11-12-23(18)27(32)16-30(17-27)26(31)21-9-7-19(8-10-21)15-35(33,34)24-6-2-4-20-5-3-13-29-25(20)24/h2-14,32H,15-17H2,1H3. The molecule has 1 amide bonds. The Hall–Kier alpha value is -3.62. The van der Waals surface area contributed by atoms with Gasteiger partial charge in [-0.2, -0.15) is 0 Å². The highest BCUT2D eigenvalue weighted by molar-refractivity contribution is 7.90. The van der Waals surface area contributed by atoms with Crippen molar-refractivity contribution in [3.8, 4) is 0 Å². The van der Waals surface area contributed by atoms with Crippen LogP contribution in [0.5, 0.6) is 0 Å². The lowest BCUT2D eigenvalue weighted by Crippen LogP contribution is -2.61. The molecule has 35 heavy (non-hydrogen) atoms. The maximum atomic E-state index is 13.4. The van der Waals surface area contributed by atoms with Crippen molar-refractivity contribution < 1.29 is 22.7 Å². The van der Waals surface area contributed by atoms with Gasteiger partial charge in [0.15, 0.2) is 9.84 Å². The van der Waals surface area contributed by atoms with Crippen LogP contribution < -0.4 is 0 Å². The summed E-state index contributed by atoms with van der Waals surface area (Å²) in [7, 11) is -3.65. The molecule has 2 heterocycles. The van der Waals surface area contributed by atoms with Gasteiger partial charge >= 0.3 is 0 Å². The number of benzene rings is 3. The van der Waals surface area contributed by atoms with Crippen LogP contribution in [0.1, 0.15) is 27.0 Å². The molecule has 1 aliphatic heterocycles. The summed E-state index contributed by atoms with van der Waals surface area (Å²) in [4.78, 5) is 18.8. The molecule has 0 atom stereocenters. The average molecular weight is 491 g/mol. The van der Waals surface area contributed by atoms with Gasteiger partial charge in [-0.25, -0.2) is 12.8 Å². The number of pyridine rings is 1. The molecule has 0 radical (unpaired) electrons. The molecule has 8 heteroatoms. The Morgan fingerprint density at radius 2 is 1.77 bits per heavy atom. The minimum absolute atomic E-state index is 0.0997. The number of β-amino-alcohol motifs (C(OH)–C–C–N with tert-alkyl or cyclic N) is 1. The van der Waals surface area contributed by atoms with Gasteiger partial charge in [0.2, 0.25) is 0 Å².